The summed E-state index contributed by atoms with van der Waals surface area (Å²) in [6.07, 6.45) is 0.656. The van der Waals surface area contributed by atoms with E-state index in [-0.39, 0.29) is 22.2 Å². The van der Waals surface area contributed by atoms with Crippen LogP contribution in [0.15, 0.2) is 17.0 Å². The minimum atomic E-state index is -4.00. The van der Waals surface area contributed by atoms with Gasteiger partial charge in [0.1, 0.15) is 10.7 Å². The fourth-order valence-electron chi connectivity index (χ4n) is 1.99. The molecule has 1 aliphatic rings. The summed E-state index contributed by atoms with van der Waals surface area (Å²) >= 11 is 5.74. The Bertz CT molecular complexity index is 632. The van der Waals surface area contributed by atoms with Crippen molar-refractivity contribution >= 4 is 27.3 Å². The molecule has 1 saturated heterocycles. The van der Waals surface area contributed by atoms with Gasteiger partial charge in [0.05, 0.1) is 16.3 Å². The van der Waals surface area contributed by atoms with Crippen LogP contribution in [0.2, 0.25) is 5.02 Å². The quantitative estimate of drug-likeness (QED) is 0.707. The Hall–Kier alpha value is -0.930. The predicted octanol–water partition coefficient (Wildman–Crippen LogP) is 0.881. The highest BCUT2D eigenvalue weighted by Crippen LogP contribution is 2.27. The van der Waals surface area contributed by atoms with E-state index in [1.165, 1.54) is 0 Å². The van der Waals surface area contributed by atoms with Gasteiger partial charge in [-0.1, -0.05) is 11.6 Å². The van der Waals surface area contributed by atoms with Crippen LogP contribution in [0.5, 0.6) is 0 Å². The van der Waals surface area contributed by atoms with Gasteiger partial charge in [0.2, 0.25) is 10.0 Å². The summed E-state index contributed by atoms with van der Waals surface area (Å²) in [7, 11) is -4.00. The number of nitrogens with two attached hydrogens (primary N) is 1. The Morgan fingerprint density at radius 3 is 2.67 bits per heavy atom. The van der Waals surface area contributed by atoms with Crippen LogP contribution in [-0.4, -0.2) is 38.9 Å². The van der Waals surface area contributed by atoms with Gasteiger partial charge in [-0.2, -0.15) is 0 Å². The Balaban J connectivity index is 2.17. The normalized spacial score (nSPS) is 18.6. The summed E-state index contributed by atoms with van der Waals surface area (Å²) in [5.74, 6) is -0.790. The average molecular weight is 339 g/mol. The Morgan fingerprint density at radius 2 is 2.05 bits per heavy atom. The zero-order valence-corrected chi connectivity index (χ0v) is 12.7. The number of halogens is 2. The molecule has 0 aromatic heterocycles. The third kappa shape index (κ3) is 3.83. The van der Waals surface area contributed by atoms with Gasteiger partial charge in [-0.3, -0.25) is 0 Å². The zero-order chi connectivity index (χ0) is 15.7. The summed E-state index contributed by atoms with van der Waals surface area (Å²) in [4.78, 5) is -0.321. The number of rotatable bonds is 4. The summed E-state index contributed by atoms with van der Waals surface area (Å²) in [5, 5.41) is 9.95. The molecule has 1 fully saturated rings. The maximum absolute atomic E-state index is 13.2. The van der Waals surface area contributed by atoms with Crippen molar-refractivity contribution in [2.45, 2.75) is 23.3 Å². The van der Waals surface area contributed by atoms with E-state index in [1.54, 1.807) is 0 Å². The second-order valence-electron chi connectivity index (χ2n) is 4.97. The van der Waals surface area contributed by atoms with Crippen LogP contribution in [0.25, 0.3) is 0 Å². The van der Waals surface area contributed by atoms with E-state index in [4.69, 9.17) is 22.1 Å². The number of nitrogen functional groups attached to an aromatic ring is 1. The molecule has 1 aromatic rings. The van der Waals surface area contributed by atoms with Crippen LogP contribution in [0.4, 0.5) is 10.1 Å². The number of ether oxygens (including phenoxy) is 1. The lowest BCUT2D eigenvalue weighted by Crippen LogP contribution is -2.46. The molecule has 0 atom stereocenters. The maximum Gasteiger partial charge on any atom is 0.242 e. The van der Waals surface area contributed by atoms with E-state index < -0.39 is 21.4 Å². The van der Waals surface area contributed by atoms with Crippen molar-refractivity contribution < 1.29 is 22.7 Å². The third-order valence-electron chi connectivity index (χ3n) is 3.36. The minimum absolute atomic E-state index is 0.174. The summed E-state index contributed by atoms with van der Waals surface area (Å²) in [6.45, 7) is 0.553. The maximum atomic E-state index is 13.2. The van der Waals surface area contributed by atoms with Crippen molar-refractivity contribution in [3.8, 4) is 0 Å². The average Bonchev–Trinajstić information content (AvgIpc) is 2.42. The van der Waals surface area contributed by atoms with Gasteiger partial charge in [0.25, 0.3) is 0 Å². The molecular formula is C12H16ClFN2O4S. The highest BCUT2D eigenvalue weighted by Gasteiger charge is 2.32. The first-order valence-electron chi connectivity index (χ1n) is 6.28. The van der Waals surface area contributed by atoms with Gasteiger partial charge >= 0.3 is 0 Å². The molecule has 0 bridgehead atoms. The molecule has 9 heteroatoms. The Labute approximate surface area is 127 Å². The molecule has 1 aromatic carbocycles. The lowest BCUT2D eigenvalue weighted by molar-refractivity contribution is -0.0588. The van der Waals surface area contributed by atoms with Crippen molar-refractivity contribution in [1.29, 1.82) is 0 Å². The first-order valence-corrected chi connectivity index (χ1v) is 8.14. The number of sulfonamides is 1. The highest BCUT2D eigenvalue weighted by molar-refractivity contribution is 7.89. The largest absolute Gasteiger partial charge is 0.396 e. The van der Waals surface area contributed by atoms with Crippen LogP contribution >= 0.6 is 11.6 Å². The van der Waals surface area contributed by atoms with Crippen molar-refractivity contribution in [2.75, 3.05) is 25.5 Å². The topological polar surface area (TPSA) is 102 Å². The van der Waals surface area contributed by atoms with Gasteiger partial charge in [-0.25, -0.2) is 17.5 Å². The van der Waals surface area contributed by atoms with Gasteiger partial charge < -0.3 is 15.6 Å². The Kier molecular flexibility index (Phi) is 4.74. The molecule has 1 heterocycles. The SMILES string of the molecule is Nc1cc(S(=O)(=O)NCC2(O)CCOCC2)c(Cl)cc1F. The van der Waals surface area contributed by atoms with Gasteiger partial charge in [0.15, 0.2) is 0 Å². The van der Waals surface area contributed by atoms with Gasteiger partial charge in [-0.15, -0.1) is 0 Å². The monoisotopic (exact) mass is 338 g/mol. The first kappa shape index (κ1) is 16.4. The smallest absolute Gasteiger partial charge is 0.242 e. The van der Waals surface area contributed by atoms with E-state index in [2.05, 4.69) is 4.72 Å². The summed E-state index contributed by atoms with van der Waals surface area (Å²) in [6, 6.07) is 1.79. The van der Waals surface area contributed by atoms with Crippen LogP contribution in [0.1, 0.15) is 12.8 Å². The fourth-order valence-corrected chi connectivity index (χ4v) is 3.65. The molecule has 0 saturated carbocycles. The van der Waals surface area contributed by atoms with Crippen LogP contribution in [-0.2, 0) is 14.8 Å². The zero-order valence-electron chi connectivity index (χ0n) is 11.1. The molecule has 118 valence electrons. The fraction of sp³-hybridized carbons (Fsp3) is 0.500. The summed E-state index contributed by atoms with van der Waals surface area (Å²) in [5.41, 5.74) is 3.88. The summed E-state index contributed by atoms with van der Waals surface area (Å²) < 4.78 is 45.0. The molecule has 0 aliphatic carbocycles. The molecular weight excluding hydrogens is 323 g/mol. The second kappa shape index (κ2) is 6.05. The van der Waals surface area contributed by atoms with E-state index in [0.29, 0.717) is 26.1 Å². The number of benzene rings is 1. The second-order valence-corrected chi connectivity index (χ2v) is 7.11. The third-order valence-corrected chi connectivity index (χ3v) is 5.22. The number of hydrogen-bond acceptors (Lipinski definition) is 5. The van der Waals surface area contributed by atoms with Crippen LogP contribution in [0, 0.1) is 5.82 Å². The van der Waals surface area contributed by atoms with Gasteiger partial charge in [0, 0.05) is 32.6 Å². The molecule has 4 N–H and O–H groups in total. The van der Waals surface area contributed by atoms with E-state index in [0.717, 1.165) is 12.1 Å². The van der Waals surface area contributed by atoms with Crippen molar-refractivity contribution in [2.24, 2.45) is 0 Å². The standard InChI is InChI=1S/C12H16ClFN2O4S/c13-8-5-9(14)10(15)6-11(8)21(18,19)16-7-12(17)1-3-20-4-2-12/h5-6,16-17H,1-4,7,15H2. The lowest BCUT2D eigenvalue weighted by atomic mass is 9.95. The molecule has 6 nitrogen and oxygen atoms in total. The van der Waals surface area contributed by atoms with Crippen molar-refractivity contribution in [3.05, 3.63) is 23.0 Å². The molecule has 0 radical (unpaired) electrons. The molecule has 21 heavy (non-hydrogen) atoms. The number of aliphatic hydroxyl groups is 1. The molecule has 0 amide bonds. The van der Waals surface area contributed by atoms with Crippen molar-refractivity contribution in [3.63, 3.8) is 0 Å². The molecule has 2 rings (SSSR count). The van der Waals surface area contributed by atoms with E-state index in [9.17, 15) is 17.9 Å². The number of anilines is 1. The van der Waals surface area contributed by atoms with Crippen LogP contribution < -0.4 is 10.5 Å². The predicted molar refractivity (Wildman–Crippen MR) is 76.0 cm³/mol. The van der Waals surface area contributed by atoms with Crippen LogP contribution in [0.3, 0.4) is 0 Å². The van der Waals surface area contributed by atoms with Gasteiger partial charge in [-0.05, 0) is 12.1 Å². The first-order chi connectivity index (χ1) is 9.73. The molecule has 0 spiro atoms. The van der Waals surface area contributed by atoms with E-state index >= 15 is 0 Å². The molecule has 0 unspecified atom stereocenters. The molecule has 1 aliphatic heterocycles. The number of hydrogen-bond donors (Lipinski definition) is 3. The van der Waals surface area contributed by atoms with Crippen molar-refractivity contribution in [1.82, 2.24) is 4.72 Å². The lowest BCUT2D eigenvalue weighted by Gasteiger charge is -2.32. The highest BCUT2D eigenvalue weighted by atomic mass is 35.5. The van der Waals surface area contributed by atoms with E-state index in [1.807, 2.05) is 0 Å². The minimum Gasteiger partial charge on any atom is -0.396 e. The number of nitrogens with one attached hydrogen (secondary N) is 1. The Morgan fingerprint density at radius 1 is 1.43 bits per heavy atom.